The molecule has 0 rings (SSSR count). The number of esters is 2. The van der Waals surface area contributed by atoms with Crippen LogP contribution in [0.5, 0.6) is 0 Å². The van der Waals surface area contributed by atoms with Gasteiger partial charge in [-0.2, -0.15) is 0 Å². The summed E-state index contributed by atoms with van der Waals surface area (Å²) in [5.74, 6) is -0.791. The molecular weight excluding hydrogens is 1010 g/mol. The minimum atomic E-state index is -4.39. The van der Waals surface area contributed by atoms with Crippen LogP contribution in [0, 0.1) is 0 Å². The highest BCUT2D eigenvalue weighted by molar-refractivity contribution is 7.47. The topological polar surface area (TPSA) is 108 Å². The van der Waals surface area contributed by atoms with Crippen LogP contribution < -0.4 is 0 Å². The molecule has 0 heterocycles. The van der Waals surface area contributed by atoms with E-state index in [2.05, 4.69) is 98.9 Å². The van der Waals surface area contributed by atoms with Gasteiger partial charge in [-0.05, 0) is 89.9 Å². The molecule has 9 nitrogen and oxygen atoms in total. The van der Waals surface area contributed by atoms with Crippen LogP contribution in [0.1, 0.15) is 296 Å². The van der Waals surface area contributed by atoms with Crippen molar-refractivity contribution >= 4 is 19.8 Å². The monoisotopic (exact) mass is 1140 g/mol. The van der Waals surface area contributed by atoms with E-state index in [1.54, 1.807) is 0 Å². The number of rotatable bonds is 61. The lowest BCUT2D eigenvalue weighted by atomic mass is 10.0. The number of phosphoric acid groups is 1. The van der Waals surface area contributed by atoms with Gasteiger partial charge in [0.25, 0.3) is 0 Å². The number of allylic oxidation sites excluding steroid dienone is 14. The fourth-order valence-electron chi connectivity index (χ4n) is 9.31. The highest BCUT2D eigenvalue weighted by Crippen LogP contribution is 2.43. The second-order valence-corrected chi connectivity index (χ2v) is 24.9. The molecule has 0 bridgehead atoms. The molecule has 0 aliphatic rings. The maximum atomic E-state index is 12.9. The third kappa shape index (κ3) is 64.4. The molecule has 0 aliphatic carbocycles. The number of ether oxygens (including phenoxy) is 2. The molecule has 0 aliphatic heterocycles. The molecule has 0 fully saturated rings. The van der Waals surface area contributed by atoms with Gasteiger partial charge in [0.1, 0.15) is 19.8 Å². The molecule has 0 radical (unpaired) electrons. The van der Waals surface area contributed by atoms with Crippen LogP contribution in [0.4, 0.5) is 0 Å². The van der Waals surface area contributed by atoms with Gasteiger partial charge in [0.2, 0.25) is 0 Å². The van der Waals surface area contributed by atoms with Crippen LogP contribution in [0.2, 0.25) is 0 Å². The Kier molecular flexibility index (Phi) is 58.6. The molecule has 80 heavy (non-hydrogen) atoms. The van der Waals surface area contributed by atoms with Crippen LogP contribution in [-0.4, -0.2) is 74.9 Å². The fraction of sp³-hybridized carbons (Fsp3) is 0.771. The van der Waals surface area contributed by atoms with E-state index in [1.165, 1.54) is 186 Å². The van der Waals surface area contributed by atoms with Crippen LogP contribution >= 0.6 is 7.82 Å². The smallest absolute Gasteiger partial charge is 0.462 e. The summed E-state index contributed by atoms with van der Waals surface area (Å²) in [5.41, 5.74) is 0. The summed E-state index contributed by atoms with van der Waals surface area (Å²) >= 11 is 0. The molecule has 0 amide bonds. The van der Waals surface area contributed by atoms with Gasteiger partial charge in [0, 0.05) is 12.8 Å². The van der Waals surface area contributed by atoms with Crippen molar-refractivity contribution in [2.75, 3.05) is 47.5 Å². The summed E-state index contributed by atoms with van der Waals surface area (Å²) in [7, 11) is 1.48. The van der Waals surface area contributed by atoms with Gasteiger partial charge in [-0.3, -0.25) is 18.6 Å². The first-order valence-corrected chi connectivity index (χ1v) is 34.8. The fourth-order valence-corrected chi connectivity index (χ4v) is 10.1. The molecule has 0 saturated heterocycles. The minimum absolute atomic E-state index is 0.0300. The SMILES string of the molecule is CC/C=C\C/C=C\C/C=C\C/C=C\C/C=C\C/C=C\CCCCCCCCCCCCCCCCC(=O)OC(COC(=O)CCCCCCCCCCCCC/C=C\CCCCCCCCCC)COP(=O)(O)OCC[N+](C)(C)C. The molecule has 0 aromatic carbocycles. The molecule has 0 spiro atoms. The molecule has 2 unspecified atom stereocenters. The Balaban J connectivity index is 4.07. The maximum Gasteiger partial charge on any atom is 0.472 e. The van der Waals surface area contributed by atoms with Crippen molar-refractivity contribution < 1.29 is 42.1 Å². The van der Waals surface area contributed by atoms with Crippen molar-refractivity contribution in [2.45, 2.75) is 302 Å². The zero-order chi connectivity index (χ0) is 58.4. The Morgan fingerprint density at radius 3 is 1.07 bits per heavy atom. The van der Waals surface area contributed by atoms with Gasteiger partial charge in [-0.1, -0.05) is 279 Å². The number of carbonyl (C=O) groups excluding carboxylic acids is 2. The van der Waals surface area contributed by atoms with E-state index in [1.807, 2.05) is 21.1 Å². The van der Waals surface area contributed by atoms with Crippen molar-refractivity contribution in [3.8, 4) is 0 Å². The zero-order valence-electron chi connectivity index (χ0n) is 52.8. The molecule has 464 valence electrons. The van der Waals surface area contributed by atoms with Crippen molar-refractivity contribution in [3.05, 3.63) is 85.1 Å². The van der Waals surface area contributed by atoms with Crippen LogP contribution in [-0.2, 0) is 32.7 Å². The molecule has 10 heteroatoms. The van der Waals surface area contributed by atoms with Crippen LogP contribution in [0.25, 0.3) is 0 Å². The van der Waals surface area contributed by atoms with Crippen molar-refractivity contribution in [1.29, 1.82) is 0 Å². The lowest BCUT2D eigenvalue weighted by Gasteiger charge is -2.24. The van der Waals surface area contributed by atoms with Gasteiger partial charge in [0.15, 0.2) is 6.10 Å². The maximum absolute atomic E-state index is 12.9. The van der Waals surface area contributed by atoms with E-state index >= 15 is 0 Å². The van der Waals surface area contributed by atoms with E-state index in [0.29, 0.717) is 17.4 Å². The quantitative estimate of drug-likeness (QED) is 0.0211. The summed E-state index contributed by atoms with van der Waals surface area (Å²) in [5, 5.41) is 0. The molecule has 0 saturated carbocycles. The summed E-state index contributed by atoms with van der Waals surface area (Å²) in [6.07, 6.45) is 82.4. The van der Waals surface area contributed by atoms with Gasteiger partial charge < -0.3 is 18.9 Å². The number of quaternary nitrogens is 1. The molecule has 2 atom stereocenters. The third-order valence-electron chi connectivity index (χ3n) is 14.4. The number of nitrogens with zero attached hydrogens (tertiary/aromatic N) is 1. The van der Waals surface area contributed by atoms with E-state index in [0.717, 1.165) is 77.0 Å². The molecule has 0 aromatic rings. The van der Waals surface area contributed by atoms with Crippen molar-refractivity contribution in [2.24, 2.45) is 0 Å². The van der Waals surface area contributed by atoms with Gasteiger partial charge in [0.05, 0.1) is 27.7 Å². The Morgan fingerprint density at radius 1 is 0.400 bits per heavy atom. The second kappa shape index (κ2) is 60.8. The normalized spacial score (nSPS) is 13.7. The second-order valence-electron chi connectivity index (χ2n) is 23.5. The Bertz CT molecular complexity index is 1630. The van der Waals surface area contributed by atoms with Crippen LogP contribution in [0.3, 0.4) is 0 Å². The first-order chi connectivity index (χ1) is 39.0. The number of phosphoric ester groups is 1. The van der Waals surface area contributed by atoms with Gasteiger partial charge in [-0.15, -0.1) is 0 Å². The standard InChI is InChI=1S/C70H126NO8P/c1-6-8-10-12-14-16-18-20-22-24-26-28-30-31-32-33-34-35-36-37-38-39-41-43-45-47-49-51-53-55-57-59-61-63-70(73)79-68(67-78-80(74,75)77-65-64-71(3,4)5)66-76-69(72)62-60-58-56-54-52-50-48-46-44-42-40-29-27-25-23-21-19-17-15-13-11-9-7-2/h8,10,14,16,20,22,25-28,31-32,34-35,68H,6-7,9,11-13,15,17-19,21,23-24,29-30,33,36-67H2,1-5H3/p+1/b10-8-,16-14-,22-20-,27-25-,28-26-,32-31-,35-34-. The summed E-state index contributed by atoms with van der Waals surface area (Å²) in [4.78, 5) is 35.8. The average molecular weight is 1140 g/mol. The predicted molar refractivity (Wildman–Crippen MR) is 344 cm³/mol. The zero-order valence-corrected chi connectivity index (χ0v) is 53.7. The van der Waals surface area contributed by atoms with E-state index in [4.69, 9.17) is 18.5 Å². The summed E-state index contributed by atoms with van der Waals surface area (Å²) in [6.45, 7) is 4.35. The van der Waals surface area contributed by atoms with E-state index < -0.39 is 26.5 Å². The lowest BCUT2D eigenvalue weighted by molar-refractivity contribution is -0.870. The highest BCUT2D eigenvalue weighted by Gasteiger charge is 2.27. The number of hydrogen-bond acceptors (Lipinski definition) is 7. The number of hydrogen-bond donors (Lipinski definition) is 1. The first-order valence-electron chi connectivity index (χ1n) is 33.3. The highest BCUT2D eigenvalue weighted by atomic mass is 31.2. The van der Waals surface area contributed by atoms with Gasteiger partial charge in [-0.25, -0.2) is 4.57 Å². The number of likely N-dealkylation sites (N-methyl/N-ethyl adjacent to an activating group) is 1. The molecule has 1 N–H and O–H groups in total. The van der Waals surface area contributed by atoms with Gasteiger partial charge >= 0.3 is 19.8 Å². The van der Waals surface area contributed by atoms with Crippen LogP contribution in [0.15, 0.2) is 85.1 Å². The largest absolute Gasteiger partial charge is 0.472 e. The summed E-state index contributed by atoms with van der Waals surface area (Å²) in [6, 6.07) is 0. The Labute approximate surface area is 494 Å². The predicted octanol–water partition coefficient (Wildman–Crippen LogP) is 21.4. The molecular formula is C70H127NO8P+. The molecule has 0 aromatic heterocycles. The van der Waals surface area contributed by atoms with E-state index in [-0.39, 0.29) is 32.0 Å². The lowest BCUT2D eigenvalue weighted by Crippen LogP contribution is -2.37. The summed E-state index contributed by atoms with van der Waals surface area (Å²) < 4.78 is 34.7. The van der Waals surface area contributed by atoms with E-state index in [9.17, 15) is 19.0 Å². The first kappa shape index (κ1) is 77.2. The minimum Gasteiger partial charge on any atom is -0.462 e. The Morgan fingerprint density at radius 2 is 0.713 bits per heavy atom. The Hall–Kier alpha value is -2.81. The number of carbonyl (C=O) groups is 2. The van der Waals surface area contributed by atoms with Crippen molar-refractivity contribution in [1.82, 2.24) is 0 Å². The van der Waals surface area contributed by atoms with Crippen molar-refractivity contribution in [3.63, 3.8) is 0 Å². The average Bonchev–Trinajstić information content (AvgIpc) is 3.42. The number of unbranched alkanes of at least 4 members (excludes halogenated alkanes) is 33. The third-order valence-corrected chi connectivity index (χ3v) is 15.4.